The molecule has 0 aromatic heterocycles. The van der Waals surface area contributed by atoms with Crippen LogP contribution in [0.5, 0.6) is 0 Å². The molecule has 8 heteroatoms. The Hall–Kier alpha value is -2.29. The van der Waals surface area contributed by atoms with E-state index in [0.29, 0.717) is 32.5 Å². The van der Waals surface area contributed by atoms with Gasteiger partial charge in [0.05, 0.1) is 11.5 Å². The summed E-state index contributed by atoms with van der Waals surface area (Å²) in [6.07, 6.45) is 2.70. The Bertz CT molecular complexity index is 959. The van der Waals surface area contributed by atoms with Gasteiger partial charge in [0.15, 0.2) is 0 Å². The monoisotopic (exact) mass is 462 g/mol. The molecule has 1 aliphatic heterocycles. The molecule has 1 heterocycles. The fourth-order valence-electron chi connectivity index (χ4n) is 4.01. The molecule has 1 amide bonds. The van der Waals surface area contributed by atoms with Crippen molar-refractivity contribution in [1.82, 2.24) is 9.21 Å². The van der Waals surface area contributed by atoms with Crippen LogP contribution in [0.1, 0.15) is 24.8 Å². The van der Waals surface area contributed by atoms with E-state index >= 15 is 0 Å². The van der Waals surface area contributed by atoms with E-state index in [4.69, 9.17) is 4.74 Å². The van der Waals surface area contributed by atoms with E-state index < -0.39 is 15.8 Å². The van der Waals surface area contributed by atoms with Gasteiger partial charge in [-0.1, -0.05) is 30.3 Å². The molecule has 0 spiro atoms. The number of hydrogen-bond acceptors (Lipinski definition) is 4. The smallest absolute Gasteiger partial charge is 0.243 e. The number of halogens is 1. The average Bonchev–Trinajstić information content (AvgIpc) is 2.82. The summed E-state index contributed by atoms with van der Waals surface area (Å²) < 4.78 is 45.4. The lowest BCUT2D eigenvalue weighted by molar-refractivity contribution is -0.137. The molecule has 0 radical (unpaired) electrons. The molecule has 1 fully saturated rings. The summed E-state index contributed by atoms with van der Waals surface area (Å²) in [5.41, 5.74) is 1.24. The quantitative estimate of drug-likeness (QED) is 0.543. The third-order valence-corrected chi connectivity index (χ3v) is 7.78. The summed E-state index contributed by atoms with van der Waals surface area (Å²) >= 11 is 0. The maximum absolute atomic E-state index is 13.2. The fraction of sp³-hybridized carbons (Fsp3) is 0.458. The Morgan fingerprint density at radius 3 is 2.34 bits per heavy atom. The van der Waals surface area contributed by atoms with Gasteiger partial charge in [-0.2, -0.15) is 4.31 Å². The highest BCUT2D eigenvalue weighted by Gasteiger charge is 2.33. The molecule has 6 nitrogen and oxygen atoms in total. The summed E-state index contributed by atoms with van der Waals surface area (Å²) in [6, 6.07) is 15.0. The Morgan fingerprint density at radius 2 is 1.72 bits per heavy atom. The van der Waals surface area contributed by atoms with Gasteiger partial charge in [-0.15, -0.1) is 0 Å². The van der Waals surface area contributed by atoms with Crippen molar-refractivity contribution in [2.75, 3.05) is 39.9 Å². The van der Waals surface area contributed by atoms with Crippen LogP contribution in [0, 0.1) is 11.7 Å². The number of piperidine rings is 1. The van der Waals surface area contributed by atoms with Crippen molar-refractivity contribution in [3.63, 3.8) is 0 Å². The van der Waals surface area contributed by atoms with Gasteiger partial charge in [-0.25, -0.2) is 12.8 Å². The molecule has 0 unspecified atom stereocenters. The summed E-state index contributed by atoms with van der Waals surface area (Å²) in [4.78, 5) is 15.1. The Labute approximate surface area is 190 Å². The number of ether oxygens (including phenoxy) is 1. The molecular weight excluding hydrogens is 431 g/mol. The highest BCUT2D eigenvalue weighted by Crippen LogP contribution is 2.25. The van der Waals surface area contributed by atoms with Crippen molar-refractivity contribution in [2.24, 2.45) is 5.92 Å². The van der Waals surface area contributed by atoms with Gasteiger partial charge in [0.1, 0.15) is 5.82 Å². The number of rotatable bonds is 10. The number of carbonyl (C=O) groups excluding carboxylic acids is 1. The zero-order chi connectivity index (χ0) is 23.0. The summed E-state index contributed by atoms with van der Waals surface area (Å²) in [5, 5.41) is 0. The molecule has 32 heavy (non-hydrogen) atoms. The van der Waals surface area contributed by atoms with Gasteiger partial charge in [0.2, 0.25) is 15.9 Å². The molecule has 0 saturated carbocycles. The SMILES string of the molecule is COCCN(CCCc1ccccc1)C(=O)C1CCN(S(=O)(=O)c2ccc(F)cc2)CC1. The van der Waals surface area contributed by atoms with Crippen molar-refractivity contribution in [2.45, 2.75) is 30.6 Å². The molecular formula is C24H31FN2O4S. The van der Waals surface area contributed by atoms with Crippen LogP contribution in [-0.2, 0) is 26.0 Å². The first-order valence-corrected chi connectivity index (χ1v) is 12.4. The van der Waals surface area contributed by atoms with Gasteiger partial charge < -0.3 is 9.64 Å². The third kappa shape index (κ3) is 6.37. The van der Waals surface area contributed by atoms with E-state index in [9.17, 15) is 17.6 Å². The Kier molecular flexibility index (Phi) is 8.78. The van der Waals surface area contributed by atoms with Crippen molar-refractivity contribution in [3.8, 4) is 0 Å². The fourth-order valence-corrected chi connectivity index (χ4v) is 5.48. The van der Waals surface area contributed by atoms with E-state index in [1.807, 2.05) is 23.1 Å². The largest absolute Gasteiger partial charge is 0.383 e. The van der Waals surface area contributed by atoms with E-state index in [1.54, 1.807) is 7.11 Å². The lowest BCUT2D eigenvalue weighted by Gasteiger charge is -2.33. The van der Waals surface area contributed by atoms with Crippen LogP contribution in [0.15, 0.2) is 59.5 Å². The second-order valence-corrected chi connectivity index (χ2v) is 9.98. The lowest BCUT2D eigenvalue weighted by atomic mass is 9.96. The number of benzene rings is 2. The molecule has 0 atom stereocenters. The third-order valence-electron chi connectivity index (χ3n) is 5.87. The maximum atomic E-state index is 13.2. The van der Waals surface area contributed by atoms with Gasteiger partial charge in [-0.3, -0.25) is 4.79 Å². The van der Waals surface area contributed by atoms with E-state index in [0.717, 1.165) is 25.0 Å². The van der Waals surface area contributed by atoms with Gasteiger partial charge >= 0.3 is 0 Å². The minimum Gasteiger partial charge on any atom is -0.383 e. The summed E-state index contributed by atoms with van der Waals surface area (Å²) in [5.74, 6) is -0.617. The first kappa shape index (κ1) is 24.4. The number of sulfonamides is 1. The van der Waals surface area contributed by atoms with Crippen molar-refractivity contribution in [3.05, 3.63) is 66.0 Å². The second kappa shape index (κ2) is 11.5. The Balaban J connectivity index is 1.56. The Morgan fingerprint density at radius 1 is 1.06 bits per heavy atom. The first-order chi connectivity index (χ1) is 15.4. The predicted molar refractivity (Wildman–Crippen MR) is 121 cm³/mol. The summed E-state index contributed by atoms with van der Waals surface area (Å²) in [7, 11) is -2.07. The number of hydrogen-bond donors (Lipinski definition) is 0. The minimum atomic E-state index is -3.69. The number of methoxy groups -OCH3 is 1. The van der Waals surface area contributed by atoms with Crippen LogP contribution in [0.25, 0.3) is 0 Å². The standard InChI is InChI=1S/C24H31FN2O4S/c1-31-19-18-26(15-5-8-20-6-3-2-4-7-20)24(28)21-13-16-27(17-14-21)32(29,30)23-11-9-22(25)10-12-23/h2-4,6-7,9-12,21H,5,8,13-19H2,1H3. The van der Waals surface area contributed by atoms with Crippen LogP contribution in [0.4, 0.5) is 4.39 Å². The highest BCUT2D eigenvalue weighted by atomic mass is 32.2. The van der Waals surface area contributed by atoms with Gasteiger partial charge in [0.25, 0.3) is 0 Å². The molecule has 1 saturated heterocycles. The van der Waals surface area contributed by atoms with Crippen molar-refractivity contribution >= 4 is 15.9 Å². The number of amides is 1. The molecule has 2 aromatic carbocycles. The molecule has 0 aliphatic carbocycles. The molecule has 2 aromatic rings. The van der Waals surface area contributed by atoms with Crippen LogP contribution in [0.3, 0.4) is 0 Å². The molecule has 174 valence electrons. The average molecular weight is 463 g/mol. The van der Waals surface area contributed by atoms with Crippen molar-refractivity contribution < 1.29 is 22.3 Å². The highest BCUT2D eigenvalue weighted by molar-refractivity contribution is 7.89. The van der Waals surface area contributed by atoms with Crippen LogP contribution >= 0.6 is 0 Å². The van der Waals surface area contributed by atoms with Crippen LogP contribution < -0.4 is 0 Å². The first-order valence-electron chi connectivity index (χ1n) is 11.0. The van der Waals surface area contributed by atoms with Gasteiger partial charge in [-0.05, 0) is 55.5 Å². The normalized spacial score (nSPS) is 15.6. The predicted octanol–water partition coefficient (Wildman–Crippen LogP) is 3.33. The van der Waals surface area contributed by atoms with Crippen molar-refractivity contribution in [1.29, 1.82) is 0 Å². The second-order valence-electron chi connectivity index (χ2n) is 8.04. The minimum absolute atomic E-state index is 0.0638. The zero-order valence-corrected chi connectivity index (χ0v) is 19.3. The van der Waals surface area contributed by atoms with E-state index in [2.05, 4.69) is 12.1 Å². The lowest BCUT2D eigenvalue weighted by Crippen LogP contribution is -2.45. The van der Waals surface area contributed by atoms with E-state index in [-0.39, 0.29) is 29.8 Å². The number of nitrogens with zero attached hydrogens (tertiary/aromatic N) is 2. The molecule has 1 aliphatic rings. The molecule has 0 N–H and O–H groups in total. The van der Waals surface area contributed by atoms with Crippen LogP contribution in [-0.4, -0.2) is 63.4 Å². The molecule has 3 rings (SSSR count). The van der Waals surface area contributed by atoms with E-state index in [1.165, 1.54) is 22.0 Å². The van der Waals surface area contributed by atoms with Crippen LogP contribution in [0.2, 0.25) is 0 Å². The number of carbonyl (C=O) groups is 1. The number of aryl methyl sites for hydroxylation is 1. The topological polar surface area (TPSA) is 66.9 Å². The molecule has 0 bridgehead atoms. The zero-order valence-electron chi connectivity index (χ0n) is 18.5. The maximum Gasteiger partial charge on any atom is 0.243 e. The summed E-state index contributed by atoms with van der Waals surface area (Å²) in [6.45, 7) is 2.19. The van der Waals surface area contributed by atoms with Gasteiger partial charge in [0, 0.05) is 39.2 Å².